The van der Waals surface area contributed by atoms with E-state index in [1.807, 2.05) is 6.92 Å². The highest BCUT2D eigenvalue weighted by atomic mass is 35.5. The summed E-state index contributed by atoms with van der Waals surface area (Å²) in [4.78, 5) is 3.81. The Morgan fingerprint density at radius 2 is 1.92 bits per heavy atom. The van der Waals surface area contributed by atoms with Crippen molar-refractivity contribution < 1.29 is 13.9 Å². The monoisotopic (exact) mass is 380 g/mol. The first-order chi connectivity index (χ1) is 12.0. The van der Waals surface area contributed by atoms with E-state index in [2.05, 4.69) is 20.5 Å². The van der Waals surface area contributed by atoms with Gasteiger partial charge in [0.25, 0.3) is 5.88 Å². The van der Waals surface area contributed by atoms with E-state index in [-0.39, 0.29) is 17.0 Å². The number of pyridine rings is 1. The summed E-state index contributed by atoms with van der Waals surface area (Å²) >= 11 is 7.09. The van der Waals surface area contributed by atoms with Crippen LogP contribution in [0.15, 0.2) is 36.5 Å². The molecule has 0 amide bonds. The maximum Gasteiger partial charge on any atom is 0.255 e. The van der Waals surface area contributed by atoms with E-state index in [0.717, 1.165) is 16.2 Å². The molecule has 0 saturated carbocycles. The highest BCUT2D eigenvalue weighted by Crippen LogP contribution is 2.29. The van der Waals surface area contributed by atoms with Gasteiger partial charge in [-0.25, -0.2) is 9.37 Å². The van der Waals surface area contributed by atoms with Crippen LogP contribution in [0.4, 0.5) is 9.52 Å². The van der Waals surface area contributed by atoms with Gasteiger partial charge in [-0.1, -0.05) is 22.9 Å². The third-order valence-electron chi connectivity index (χ3n) is 3.13. The normalized spacial score (nSPS) is 11.8. The minimum Gasteiger partial charge on any atom is -0.483 e. The summed E-state index contributed by atoms with van der Waals surface area (Å²) in [5.41, 5.74) is 0. The molecule has 1 aromatic carbocycles. The second-order valence-corrected chi connectivity index (χ2v) is 6.42. The van der Waals surface area contributed by atoms with Gasteiger partial charge < -0.3 is 14.8 Å². The standard InChI is InChI=1S/C16H14ClFN4O2S/c1-9(15-21-22-16(19-2)25-15)23-11-3-5-12(6-4-11)24-14-13(18)7-10(17)8-20-14/h3-9H,1-2H3,(H,19,22)/t9-/m1/s1. The van der Waals surface area contributed by atoms with Gasteiger partial charge >= 0.3 is 0 Å². The van der Waals surface area contributed by atoms with Crippen LogP contribution in [0.3, 0.4) is 0 Å². The van der Waals surface area contributed by atoms with Gasteiger partial charge in [-0.15, -0.1) is 10.2 Å². The molecular formula is C16H14ClFN4O2S. The van der Waals surface area contributed by atoms with Gasteiger partial charge in [-0.2, -0.15) is 0 Å². The number of halogens is 2. The Kier molecular flexibility index (Phi) is 5.30. The van der Waals surface area contributed by atoms with Gasteiger partial charge in [0.1, 0.15) is 17.6 Å². The van der Waals surface area contributed by atoms with Crippen LogP contribution >= 0.6 is 22.9 Å². The van der Waals surface area contributed by atoms with E-state index >= 15 is 0 Å². The Balaban J connectivity index is 1.65. The van der Waals surface area contributed by atoms with Crippen LogP contribution in [0.25, 0.3) is 0 Å². The highest BCUT2D eigenvalue weighted by molar-refractivity contribution is 7.15. The Labute approximate surface area is 152 Å². The molecule has 1 N–H and O–H groups in total. The molecule has 0 aliphatic carbocycles. The molecule has 6 nitrogen and oxygen atoms in total. The van der Waals surface area contributed by atoms with E-state index in [9.17, 15) is 4.39 Å². The van der Waals surface area contributed by atoms with Gasteiger partial charge in [0.15, 0.2) is 10.8 Å². The Hall–Kier alpha value is -2.45. The van der Waals surface area contributed by atoms with Crippen LogP contribution in [-0.2, 0) is 0 Å². The van der Waals surface area contributed by atoms with E-state index < -0.39 is 5.82 Å². The van der Waals surface area contributed by atoms with Crippen molar-refractivity contribution in [3.63, 3.8) is 0 Å². The Morgan fingerprint density at radius 3 is 2.56 bits per heavy atom. The Bertz CT molecular complexity index is 860. The lowest BCUT2D eigenvalue weighted by atomic mass is 10.3. The molecule has 0 saturated heterocycles. The molecule has 0 radical (unpaired) electrons. The number of benzene rings is 1. The lowest BCUT2D eigenvalue weighted by Crippen LogP contribution is -2.02. The molecule has 1 atom stereocenters. The molecule has 2 aromatic heterocycles. The minimum absolute atomic E-state index is 0.139. The van der Waals surface area contributed by atoms with Crippen LogP contribution in [0.1, 0.15) is 18.0 Å². The molecule has 0 spiro atoms. The summed E-state index contributed by atoms with van der Waals surface area (Å²) in [6.45, 7) is 1.89. The quantitative estimate of drug-likeness (QED) is 0.668. The van der Waals surface area contributed by atoms with Crippen molar-refractivity contribution in [1.29, 1.82) is 0 Å². The van der Waals surface area contributed by atoms with Crippen molar-refractivity contribution in [2.45, 2.75) is 13.0 Å². The number of hydrogen-bond donors (Lipinski definition) is 1. The number of hydrogen-bond acceptors (Lipinski definition) is 7. The number of ether oxygens (including phenoxy) is 2. The summed E-state index contributed by atoms with van der Waals surface area (Å²) in [6, 6.07) is 7.91. The van der Waals surface area contributed by atoms with Crippen LogP contribution in [-0.4, -0.2) is 22.2 Å². The largest absolute Gasteiger partial charge is 0.483 e. The molecule has 25 heavy (non-hydrogen) atoms. The van der Waals surface area contributed by atoms with Gasteiger partial charge in [-0.05, 0) is 37.3 Å². The molecule has 2 heterocycles. The van der Waals surface area contributed by atoms with Gasteiger partial charge in [-0.3, -0.25) is 0 Å². The summed E-state index contributed by atoms with van der Waals surface area (Å²) in [6.07, 6.45) is 1.07. The summed E-state index contributed by atoms with van der Waals surface area (Å²) < 4.78 is 24.9. The van der Waals surface area contributed by atoms with Crippen molar-refractivity contribution in [2.75, 3.05) is 12.4 Å². The van der Waals surface area contributed by atoms with Crippen molar-refractivity contribution in [2.24, 2.45) is 0 Å². The molecule has 0 aliphatic heterocycles. The molecule has 0 unspecified atom stereocenters. The number of nitrogens with zero attached hydrogens (tertiary/aromatic N) is 3. The van der Waals surface area contributed by atoms with Gasteiger partial charge in [0, 0.05) is 13.2 Å². The fourth-order valence-corrected chi connectivity index (χ4v) is 2.75. The molecule has 0 fully saturated rings. The first-order valence-electron chi connectivity index (χ1n) is 7.32. The average molecular weight is 381 g/mol. The number of nitrogens with one attached hydrogen (secondary N) is 1. The van der Waals surface area contributed by atoms with E-state index in [4.69, 9.17) is 21.1 Å². The smallest absolute Gasteiger partial charge is 0.255 e. The fraction of sp³-hybridized carbons (Fsp3) is 0.188. The van der Waals surface area contributed by atoms with Crippen LogP contribution in [0, 0.1) is 5.82 Å². The maximum absolute atomic E-state index is 13.7. The van der Waals surface area contributed by atoms with E-state index in [1.165, 1.54) is 17.5 Å². The van der Waals surface area contributed by atoms with Crippen molar-refractivity contribution >= 4 is 28.1 Å². The first-order valence-corrected chi connectivity index (χ1v) is 8.51. The van der Waals surface area contributed by atoms with E-state index in [0.29, 0.717) is 11.5 Å². The SMILES string of the molecule is CNc1nnc([C@@H](C)Oc2ccc(Oc3ncc(Cl)cc3F)cc2)s1. The second kappa shape index (κ2) is 7.62. The molecule has 9 heteroatoms. The number of anilines is 1. The van der Waals surface area contributed by atoms with Gasteiger partial charge in [0.2, 0.25) is 5.13 Å². The number of aromatic nitrogens is 3. The number of rotatable bonds is 6. The molecule has 130 valence electrons. The fourth-order valence-electron chi connectivity index (χ4n) is 1.93. The van der Waals surface area contributed by atoms with Gasteiger partial charge in [0.05, 0.1) is 5.02 Å². The molecule has 3 rings (SSSR count). The molecule has 0 aliphatic rings. The zero-order valence-electron chi connectivity index (χ0n) is 13.4. The van der Waals surface area contributed by atoms with Crippen LogP contribution in [0.5, 0.6) is 17.4 Å². The zero-order chi connectivity index (χ0) is 17.8. The predicted molar refractivity (Wildman–Crippen MR) is 94.2 cm³/mol. The molecule has 3 aromatic rings. The zero-order valence-corrected chi connectivity index (χ0v) is 14.9. The van der Waals surface area contributed by atoms with Crippen molar-refractivity contribution in [3.05, 3.63) is 52.4 Å². The minimum atomic E-state index is -0.627. The van der Waals surface area contributed by atoms with Crippen LogP contribution < -0.4 is 14.8 Å². The first kappa shape index (κ1) is 17.4. The highest BCUT2D eigenvalue weighted by Gasteiger charge is 2.14. The summed E-state index contributed by atoms with van der Waals surface area (Å²) in [5.74, 6) is 0.297. The van der Waals surface area contributed by atoms with Crippen LogP contribution in [0.2, 0.25) is 5.02 Å². The topological polar surface area (TPSA) is 69.2 Å². The lowest BCUT2D eigenvalue weighted by Gasteiger charge is -2.12. The Morgan fingerprint density at radius 1 is 1.20 bits per heavy atom. The second-order valence-electron chi connectivity index (χ2n) is 4.97. The summed E-state index contributed by atoms with van der Waals surface area (Å²) in [5, 5.41) is 12.7. The lowest BCUT2D eigenvalue weighted by molar-refractivity contribution is 0.225. The van der Waals surface area contributed by atoms with Crippen molar-refractivity contribution in [3.8, 4) is 17.4 Å². The molecule has 0 bridgehead atoms. The third kappa shape index (κ3) is 4.34. The third-order valence-corrected chi connectivity index (χ3v) is 4.44. The van der Waals surface area contributed by atoms with E-state index in [1.54, 1.807) is 31.3 Å². The molecular weight excluding hydrogens is 367 g/mol. The predicted octanol–water partition coefficient (Wildman–Crippen LogP) is 4.70. The maximum atomic E-state index is 13.7. The van der Waals surface area contributed by atoms with Crippen molar-refractivity contribution in [1.82, 2.24) is 15.2 Å². The average Bonchev–Trinajstić information content (AvgIpc) is 3.08. The summed E-state index contributed by atoms with van der Waals surface area (Å²) in [7, 11) is 1.78.